The van der Waals surface area contributed by atoms with Gasteiger partial charge in [-0.3, -0.25) is 5.10 Å². The highest BCUT2D eigenvalue weighted by Gasteiger charge is 2.20. The first kappa shape index (κ1) is 15.6. The Morgan fingerprint density at radius 2 is 2.24 bits per heavy atom. The van der Waals surface area contributed by atoms with Gasteiger partial charge in [-0.05, 0) is 6.54 Å². The second-order valence-corrected chi connectivity index (χ2v) is 6.09. The van der Waals surface area contributed by atoms with Crippen molar-refractivity contribution in [3.63, 3.8) is 0 Å². The van der Waals surface area contributed by atoms with Crippen molar-refractivity contribution in [3.8, 4) is 0 Å². The van der Waals surface area contributed by atoms with Crippen LogP contribution in [0.3, 0.4) is 0 Å². The van der Waals surface area contributed by atoms with Gasteiger partial charge in [-0.25, -0.2) is 13.1 Å². The van der Waals surface area contributed by atoms with Crippen molar-refractivity contribution in [1.29, 1.82) is 0 Å². The molecule has 0 saturated carbocycles. The summed E-state index contributed by atoms with van der Waals surface area (Å²) >= 11 is 0. The third-order valence-electron chi connectivity index (χ3n) is 2.72. The van der Waals surface area contributed by atoms with Crippen LogP contribution in [0.4, 0.5) is 0 Å². The van der Waals surface area contributed by atoms with Crippen LogP contribution in [0.2, 0.25) is 0 Å². The molecule has 21 heavy (non-hydrogen) atoms. The van der Waals surface area contributed by atoms with Crippen molar-refractivity contribution in [1.82, 2.24) is 30.4 Å². The van der Waals surface area contributed by atoms with Crippen molar-refractivity contribution in [2.75, 3.05) is 13.1 Å². The Morgan fingerprint density at radius 1 is 1.43 bits per heavy atom. The van der Waals surface area contributed by atoms with Crippen LogP contribution in [-0.2, 0) is 23.0 Å². The maximum absolute atomic E-state index is 12.2. The fourth-order valence-electron chi connectivity index (χ4n) is 1.73. The maximum Gasteiger partial charge on any atom is 0.257 e. The number of nitrogens with zero attached hydrogens (tertiary/aromatic N) is 3. The molecule has 0 atom stereocenters. The molecule has 0 unspecified atom stereocenters. The topological polar surface area (TPSA) is 126 Å². The number of nitrogens with one attached hydrogen (secondary N) is 3. The van der Waals surface area contributed by atoms with E-state index >= 15 is 0 Å². The summed E-state index contributed by atoms with van der Waals surface area (Å²) < 4.78 is 31.7. The highest BCUT2D eigenvalue weighted by atomic mass is 32.2. The monoisotopic (exact) mass is 314 g/mol. The van der Waals surface area contributed by atoms with Gasteiger partial charge >= 0.3 is 0 Å². The van der Waals surface area contributed by atoms with Crippen molar-refractivity contribution in [3.05, 3.63) is 23.5 Å². The van der Waals surface area contributed by atoms with Gasteiger partial charge in [0.15, 0.2) is 10.9 Å². The largest absolute Gasteiger partial charge is 0.340 e. The summed E-state index contributed by atoms with van der Waals surface area (Å²) in [6.45, 7) is 4.99. The molecule has 9 nitrogen and oxygen atoms in total. The number of rotatable bonds is 8. The van der Waals surface area contributed by atoms with E-state index in [1.54, 1.807) is 6.92 Å². The van der Waals surface area contributed by atoms with Crippen LogP contribution in [0.5, 0.6) is 0 Å². The second-order valence-electron chi connectivity index (χ2n) is 4.38. The molecule has 0 aromatic carbocycles. The van der Waals surface area contributed by atoms with Gasteiger partial charge in [-0.15, -0.1) is 0 Å². The zero-order valence-electron chi connectivity index (χ0n) is 11.9. The minimum absolute atomic E-state index is 0.0766. The summed E-state index contributed by atoms with van der Waals surface area (Å²) in [6.07, 6.45) is 1.85. The zero-order valence-corrected chi connectivity index (χ0v) is 12.7. The SMILES string of the molecule is CCNCc1cn[nH]c1S(=O)(=O)NCCc1noc(C)n1. The summed E-state index contributed by atoms with van der Waals surface area (Å²) in [5, 5.41) is 13.1. The Bertz CT molecular complexity index is 678. The van der Waals surface area contributed by atoms with Crippen LogP contribution < -0.4 is 10.0 Å². The number of aromatic amines is 1. The number of H-pyrrole nitrogens is 1. The third kappa shape index (κ3) is 4.09. The molecule has 0 aliphatic heterocycles. The maximum atomic E-state index is 12.2. The molecule has 3 N–H and O–H groups in total. The quantitative estimate of drug-likeness (QED) is 0.612. The fraction of sp³-hybridized carbons (Fsp3) is 0.545. The van der Waals surface area contributed by atoms with Gasteiger partial charge in [-0.2, -0.15) is 10.1 Å². The minimum Gasteiger partial charge on any atom is -0.340 e. The number of hydrogen-bond acceptors (Lipinski definition) is 7. The van der Waals surface area contributed by atoms with E-state index in [-0.39, 0.29) is 11.6 Å². The van der Waals surface area contributed by atoms with Gasteiger partial charge in [0.25, 0.3) is 10.0 Å². The summed E-state index contributed by atoms with van der Waals surface area (Å²) in [5.41, 5.74) is 0.597. The number of hydrogen-bond donors (Lipinski definition) is 3. The lowest BCUT2D eigenvalue weighted by Gasteiger charge is -2.06. The van der Waals surface area contributed by atoms with E-state index in [1.165, 1.54) is 6.20 Å². The molecule has 10 heteroatoms. The fourth-order valence-corrected chi connectivity index (χ4v) is 2.89. The lowest BCUT2D eigenvalue weighted by molar-refractivity contribution is 0.387. The molecule has 116 valence electrons. The molecule has 0 aliphatic carbocycles. The first-order chi connectivity index (χ1) is 10.0. The standard InChI is InChI=1S/C11H18N6O3S/c1-3-12-6-9-7-13-16-11(9)21(18,19)14-5-4-10-15-8(2)20-17-10/h7,12,14H,3-6H2,1-2H3,(H,13,16). The van der Waals surface area contributed by atoms with Crippen LogP contribution in [0.1, 0.15) is 24.2 Å². The minimum atomic E-state index is -3.64. The van der Waals surface area contributed by atoms with E-state index in [4.69, 9.17) is 4.52 Å². The van der Waals surface area contributed by atoms with Crippen LogP contribution in [0.25, 0.3) is 0 Å². The molecule has 0 bridgehead atoms. The van der Waals surface area contributed by atoms with E-state index in [0.717, 1.165) is 6.54 Å². The summed E-state index contributed by atoms with van der Waals surface area (Å²) in [7, 11) is -3.64. The predicted octanol–water partition coefficient (Wildman–Crippen LogP) is -0.268. The number of sulfonamides is 1. The van der Waals surface area contributed by atoms with Crippen LogP contribution >= 0.6 is 0 Å². The summed E-state index contributed by atoms with van der Waals surface area (Å²) in [5.74, 6) is 0.919. The first-order valence-electron chi connectivity index (χ1n) is 6.54. The molecule has 0 saturated heterocycles. The Morgan fingerprint density at radius 3 is 2.90 bits per heavy atom. The Balaban J connectivity index is 1.96. The Hall–Kier alpha value is -1.78. The molecule has 2 aromatic heterocycles. The van der Waals surface area contributed by atoms with Gasteiger partial charge in [0.2, 0.25) is 5.89 Å². The molecule has 0 radical (unpaired) electrons. The summed E-state index contributed by atoms with van der Waals surface area (Å²) in [4.78, 5) is 4.01. The molecule has 2 rings (SSSR count). The summed E-state index contributed by atoms with van der Waals surface area (Å²) in [6, 6.07) is 0. The van der Waals surface area contributed by atoms with E-state index in [9.17, 15) is 8.42 Å². The number of aromatic nitrogens is 4. The zero-order chi connectivity index (χ0) is 15.3. The Labute approximate surface area is 122 Å². The van der Waals surface area contributed by atoms with Gasteiger partial charge in [0.1, 0.15) is 0 Å². The third-order valence-corrected chi connectivity index (χ3v) is 4.20. The van der Waals surface area contributed by atoms with Crippen molar-refractivity contribution in [2.24, 2.45) is 0 Å². The second kappa shape index (κ2) is 6.78. The average molecular weight is 314 g/mol. The normalized spacial score (nSPS) is 11.9. The van der Waals surface area contributed by atoms with Crippen LogP contribution in [-0.4, -0.2) is 41.8 Å². The highest BCUT2D eigenvalue weighted by Crippen LogP contribution is 2.11. The Kier molecular flexibility index (Phi) is 5.04. The van der Waals surface area contributed by atoms with Crippen LogP contribution in [0.15, 0.2) is 15.7 Å². The number of aryl methyl sites for hydroxylation is 1. The molecule has 0 aliphatic rings. The van der Waals surface area contributed by atoms with Crippen molar-refractivity contribution >= 4 is 10.0 Å². The molecule has 0 fully saturated rings. The van der Waals surface area contributed by atoms with Gasteiger partial charge < -0.3 is 9.84 Å². The van der Waals surface area contributed by atoms with Crippen molar-refractivity contribution in [2.45, 2.75) is 31.8 Å². The molecular weight excluding hydrogens is 296 g/mol. The smallest absolute Gasteiger partial charge is 0.257 e. The first-order valence-corrected chi connectivity index (χ1v) is 8.03. The average Bonchev–Trinajstić information content (AvgIpc) is 3.05. The molecular formula is C11H18N6O3S. The van der Waals surface area contributed by atoms with Gasteiger partial charge in [0.05, 0.1) is 6.20 Å². The predicted molar refractivity (Wildman–Crippen MR) is 73.9 cm³/mol. The molecule has 0 amide bonds. The van der Waals surface area contributed by atoms with Gasteiger partial charge in [0, 0.05) is 32.0 Å². The van der Waals surface area contributed by atoms with E-state index < -0.39 is 10.0 Å². The lowest BCUT2D eigenvalue weighted by Crippen LogP contribution is -2.28. The lowest BCUT2D eigenvalue weighted by atomic mass is 10.3. The molecule has 2 aromatic rings. The molecule has 2 heterocycles. The molecule has 0 spiro atoms. The van der Waals surface area contributed by atoms with E-state index in [2.05, 4.69) is 30.4 Å². The van der Waals surface area contributed by atoms with Crippen molar-refractivity contribution < 1.29 is 12.9 Å². The van der Waals surface area contributed by atoms with E-state index in [0.29, 0.717) is 30.2 Å². The van der Waals surface area contributed by atoms with Gasteiger partial charge in [-0.1, -0.05) is 12.1 Å². The highest BCUT2D eigenvalue weighted by molar-refractivity contribution is 7.89. The van der Waals surface area contributed by atoms with Crippen LogP contribution in [0, 0.1) is 6.92 Å². The van der Waals surface area contributed by atoms with E-state index in [1.807, 2.05) is 6.92 Å².